The standard InChI is InChI=1S/C21H25N3O2/c1-2-18(17-10-6-9-16-11-13-22-20(16)17)24-21(26)23-14-12-19(25)15-7-4-3-5-8-15/h3-11,13,18-19,22,25H,2,12,14H2,1H3,(H2,23,24,26). The van der Waals surface area contributed by atoms with Crippen molar-refractivity contribution in [2.45, 2.75) is 31.9 Å². The van der Waals surface area contributed by atoms with Crippen molar-refractivity contribution < 1.29 is 9.90 Å². The van der Waals surface area contributed by atoms with E-state index in [9.17, 15) is 9.90 Å². The molecule has 0 aliphatic rings. The quantitative estimate of drug-likeness (QED) is 0.518. The van der Waals surface area contributed by atoms with Crippen molar-refractivity contribution in [2.24, 2.45) is 0 Å². The van der Waals surface area contributed by atoms with Crippen molar-refractivity contribution in [3.63, 3.8) is 0 Å². The van der Waals surface area contributed by atoms with Crippen LogP contribution in [-0.4, -0.2) is 22.7 Å². The Morgan fingerprint density at radius 3 is 2.69 bits per heavy atom. The largest absolute Gasteiger partial charge is 0.388 e. The van der Waals surface area contributed by atoms with Gasteiger partial charge in [0.15, 0.2) is 0 Å². The Morgan fingerprint density at radius 1 is 1.12 bits per heavy atom. The van der Waals surface area contributed by atoms with Gasteiger partial charge in [0.05, 0.1) is 17.7 Å². The maximum atomic E-state index is 12.3. The van der Waals surface area contributed by atoms with E-state index in [0.29, 0.717) is 13.0 Å². The number of rotatable bonds is 7. The number of aliphatic hydroxyl groups excluding tert-OH is 1. The molecule has 0 radical (unpaired) electrons. The van der Waals surface area contributed by atoms with E-state index in [-0.39, 0.29) is 12.1 Å². The lowest BCUT2D eigenvalue weighted by Gasteiger charge is -2.19. The molecule has 5 nitrogen and oxygen atoms in total. The number of carbonyl (C=O) groups is 1. The molecule has 0 saturated heterocycles. The Morgan fingerprint density at radius 2 is 1.92 bits per heavy atom. The third-order valence-electron chi connectivity index (χ3n) is 4.60. The lowest BCUT2D eigenvalue weighted by atomic mass is 10.0. The second-order valence-electron chi connectivity index (χ2n) is 6.37. The summed E-state index contributed by atoms with van der Waals surface area (Å²) >= 11 is 0. The summed E-state index contributed by atoms with van der Waals surface area (Å²) in [7, 11) is 0. The number of urea groups is 1. The first-order chi connectivity index (χ1) is 12.7. The van der Waals surface area contributed by atoms with Crippen LogP contribution in [0, 0.1) is 0 Å². The number of amides is 2. The summed E-state index contributed by atoms with van der Waals surface area (Å²) in [5.41, 5.74) is 2.99. The molecule has 3 aromatic rings. The third-order valence-corrected chi connectivity index (χ3v) is 4.60. The average molecular weight is 351 g/mol. The van der Waals surface area contributed by atoms with Crippen LogP contribution in [0.25, 0.3) is 10.9 Å². The first-order valence-corrected chi connectivity index (χ1v) is 9.02. The zero-order valence-corrected chi connectivity index (χ0v) is 14.9. The van der Waals surface area contributed by atoms with Gasteiger partial charge in [0, 0.05) is 12.7 Å². The fourth-order valence-corrected chi connectivity index (χ4v) is 3.17. The number of aliphatic hydroxyl groups is 1. The number of aromatic amines is 1. The summed E-state index contributed by atoms with van der Waals surface area (Å²) in [5, 5.41) is 17.2. The lowest BCUT2D eigenvalue weighted by Crippen LogP contribution is -2.38. The van der Waals surface area contributed by atoms with Gasteiger partial charge in [-0.1, -0.05) is 55.5 Å². The zero-order valence-electron chi connectivity index (χ0n) is 14.9. The Kier molecular flexibility index (Phi) is 5.92. The van der Waals surface area contributed by atoms with Crippen molar-refractivity contribution in [1.82, 2.24) is 15.6 Å². The highest BCUT2D eigenvalue weighted by molar-refractivity contribution is 5.84. The van der Waals surface area contributed by atoms with Gasteiger partial charge in [-0.05, 0) is 35.4 Å². The third kappa shape index (κ3) is 4.24. The van der Waals surface area contributed by atoms with E-state index in [1.54, 1.807) is 0 Å². The van der Waals surface area contributed by atoms with Crippen LogP contribution in [0.3, 0.4) is 0 Å². The van der Waals surface area contributed by atoms with Crippen LogP contribution in [0.1, 0.15) is 43.0 Å². The van der Waals surface area contributed by atoms with Crippen molar-refractivity contribution in [3.8, 4) is 0 Å². The van der Waals surface area contributed by atoms with E-state index in [2.05, 4.69) is 15.6 Å². The number of aromatic nitrogens is 1. The van der Waals surface area contributed by atoms with Gasteiger partial charge in [-0.2, -0.15) is 0 Å². The number of hydrogen-bond donors (Lipinski definition) is 4. The summed E-state index contributed by atoms with van der Waals surface area (Å²) in [5.74, 6) is 0. The highest BCUT2D eigenvalue weighted by Gasteiger charge is 2.16. The summed E-state index contributed by atoms with van der Waals surface area (Å²) in [6.07, 6.45) is 2.59. The molecule has 0 spiro atoms. The number of hydrogen-bond acceptors (Lipinski definition) is 2. The fraction of sp³-hybridized carbons (Fsp3) is 0.286. The van der Waals surface area contributed by atoms with Crippen LogP contribution in [0.5, 0.6) is 0 Å². The van der Waals surface area contributed by atoms with E-state index in [1.165, 1.54) is 0 Å². The molecule has 2 amide bonds. The van der Waals surface area contributed by atoms with Gasteiger partial charge in [-0.25, -0.2) is 4.79 Å². The average Bonchev–Trinajstić information content (AvgIpc) is 3.15. The number of fused-ring (bicyclic) bond motifs is 1. The van der Waals surface area contributed by atoms with Crippen LogP contribution in [-0.2, 0) is 0 Å². The van der Waals surface area contributed by atoms with Gasteiger partial charge in [-0.3, -0.25) is 0 Å². The monoisotopic (exact) mass is 351 g/mol. The van der Waals surface area contributed by atoms with E-state index < -0.39 is 6.10 Å². The Bertz CT molecular complexity index is 845. The van der Waals surface area contributed by atoms with Gasteiger partial charge < -0.3 is 20.7 Å². The maximum absolute atomic E-state index is 12.3. The van der Waals surface area contributed by atoms with Crippen molar-refractivity contribution >= 4 is 16.9 Å². The number of para-hydroxylation sites is 1. The molecule has 26 heavy (non-hydrogen) atoms. The molecular formula is C21H25N3O2. The van der Waals surface area contributed by atoms with E-state index in [1.807, 2.05) is 67.7 Å². The van der Waals surface area contributed by atoms with Crippen LogP contribution in [0.15, 0.2) is 60.8 Å². The van der Waals surface area contributed by atoms with Crippen LogP contribution in [0.4, 0.5) is 4.79 Å². The zero-order chi connectivity index (χ0) is 18.4. The molecule has 0 fully saturated rings. The van der Waals surface area contributed by atoms with E-state index in [0.717, 1.165) is 28.5 Å². The number of benzene rings is 2. The molecule has 4 N–H and O–H groups in total. The molecule has 0 aliphatic heterocycles. The Labute approximate surface area is 153 Å². The summed E-state index contributed by atoms with van der Waals surface area (Å²) in [6, 6.07) is 17.3. The predicted octanol–water partition coefficient (Wildman–Crippen LogP) is 4.04. The maximum Gasteiger partial charge on any atom is 0.315 e. The van der Waals surface area contributed by atoms with E-state index >= 15 is 0 Å². The van der Waals surface area contributed by atoms with Crippen molar-refractivity contribution in [2.75, 3.05) is 6.54 Å². The molecule has 0 bridgehead atoms. The first-order valence-electron chi connectivity index (χ1n) is 9.02. The molecule has 5 heteroatoms. The Hall–Kier alpha value is -2.79. The molecule has 3 rings (SSSR count). The van der Waals surface area contributed by atoms with Crippen molar-refractivity contribution in [1.29, 1.82) is 0 Å². The second-order valence-corrected chi connectivity index (χ2v) is 6.37. The summed E-state index contributed by atoms with van der Waals surface area (Å²) in [6.45, 7) is 2.46. The van der Waals surface area contributed by atoms with Gasteiger partial charge in [0.25, 0.3) is 0 Å². The summed E-state index contributed by atoms with van der Waals surface area (Å²) < 4.78 is 0. The summed E-state index contributed by atoms with van der Waals surface area (Å²) in [4.78, 5) is 15.5. The van der Waals surface area contributed by atoms with Crippen LogP contribution in [0.2, 0.25) is 0 Å². The lowest BCUT2D eigenvalue weighted by molar-refractivity contribution is 0.166. The SMILES string of the molecule is CCC(NC(=O)NCCC(O)c1ccccc1)c1cccc2cc[nH]c12. The molecule has 2 atom stereocenters. The predicted molar refractivity (Wildman–Crippen MR) is 104 cm³/mol. The highest BCUT2D eigenvalue weighted by atomic mass is 16.3. The molecule has 2 aromatic carbocycles. The minimum absolute atomic E-state index is 0.0728. The van der Waals surface area contributed by atoms with Gasteiger partial charge in [0.2, 0.25) is 0 Å². The first kappa shape index (κ1) is 18.0. The normalized spacial score (nSPS) is 13.3. The Balaban J connectivity index is 1.54. The molecule has 0 saturated carbocycles. The smallest absolute Gasteiger partial charge is 0.315 e. The van der Waals surface area contributed by atoms with Gasteiger partial charge in [0.1, 0.15) is 0 Å². The molecule has 2 unspecified atom stereocenters. The molecule has 136 valence electrons. The molecule has 0 aliphatic carbocycles. The minimum atomic E-state index is -0.578. The topological polar surface area (TPSA) is 77.2 Å². The molecule has 1 aromatic heterocycles. The second kappa shape index (κ2) is 8.54. The van der Waals surface area contributed by atoms with E-state index in [4.69, 9.17) is 0 Å². The number of carbonyl (C=O) groups excluding carboxylic acids is 1. The highest BCUT2D eigenvalue weighted by Crippen LogP contribution is 2.25. The number of nitrogens with one attached hydrogen (secondary N) is 3. The minimum Gasteiger partial charge on any atom is -0.388 e. The number of H-pyrrole nitrogens is 1. The molecular weight excluding hydrogens is 326 g/mol. The molecule has 1 heterocycles. The van der Waals surface area contributed by atoms with Crippen LogP contribution < -0.4 is 10.6 Å². The van der Waals surface area contributed by atoms with Gasteiger partial charge in [-0.15, -0.1) is 0 Å². The van der Waals surface area contributed by atoms with Crippen molar-refractivity contribution in [3.05, 3.63) is 71.9 Å². The van der Waals surface area contributed by atoms with Gasteiger partial charge >= 0.3 is 6.03 Å². The van der Waals surface area contributed by atoms with Crippen LogP contribution >= 0.6 is 0 Å². The fourth-order valence-electron chi connectivity index (χ4n) is 3.17.